The van der Waals surface area contributed by atoms with Gasteiger partial charge in [-0.05, 0) is 47.2 Å². The highest BCUT2D eigenvalue weighted by molar-refractivity contribution is 14.1. The number of nitriles is 1. The Morgan fingerprint density at radius 2 is 1.93 bits per heavy atom. The SMILES string of the molecule is Cc1c(C#N)cc(I)cc1C(F)(F)F. The van der Waals surface area contributed by atoms with Gasteiger partial charge in [0.2, 0.25) is 0 Å². The van der Waals surface area contributed by atoms with Crippen LogP contribution in [0.5, 0.6) is 0 Å². The van der Waals surface area contributed by atoms with Crippen LogP contribution in [0.2, 0.25) is 0 Å². The molecule has 0 N–H and O–H groups in total. The lowest BCUT2D eigenvalue weighted by Gasteiger charge is -2.11. The van der Waals surface area contributed by atoms with Gasteiger partial charge in [0.25, 0.3) is 0 Å². The van der Waals surface area contributed by atoms with Crippen molar-refractivity contribution in [1.29, 1.82) is 5.26 Å². The first-order valence-electron chi connectivity index (χ1n) is 3.63. The molecular formula is C9H5F3IN. The molecule has 1 nitrogen and oxygen atoms in total. The van der Waals surface area contributed by atoms with E-state index in [-0.39, 0.29) is 11.1 Å². The Kier molecular flexibility index (Phi) is 3.04. The summed E-state index contributed by atoms with van der Waals surface area (Å²) in [5.41, 5.74) is -0.675. The van der Waals surface area contributed by atoms with Gasteiger partial charge in [0, 0.05) is 3.57 Å². The molecule has 14 heavy (non-hydrogen) atoms. The molecule has 0 aliphatic heterocycles. The van der Waals surface area contributed by atoms with Crippen molar-refractivity contribution in [2.24, 2.45) is 0 Å². The van der Waals surface area contributed by atoms with Crippen molar-refractivity contribution < 1.29 is 13.2 Å². The lowest BCUT2D eigenvalue weighted by molar-refractivity contribution is -0.138. The van der Waals surface area contributed by atoms with Crippen molar-refractivity contribution in [1.82, 2.24) is 0 Å². The quantitative estimate of drug-likeness (QED) is 0.673. The van der Waals surface area contributed by atoms with E-state index in [4.69, 9.17) is 5.26 Å². The van der Waals surface area contributed by atoms with Crippen LogP contribution in [0.15, 0.2) is 12.1 Å². The molecule has 0 unspecified atom stereocenters. The molecule has 74 valence electrons. The highest BCUT2D eigenvalue weighted by Crippen LogP contribution is 2.34. The molecule has 0 atom stereocenters. The van der Waals surface area contributed by atoms with Crippen molar-refractivity contribution >= 4 is 22.6 Å². The second-order valence-electron chi connectivity index (χ2n) is 2.74. The van der Waals surface area contributed by atoms with Gasteiger partial charge in [0.1, 0.15) is 0 Å². The Bertz CT molecular complexity index is 404. The average Bonchev–Trinajstić information content (AvgIpc) is 2.06. The van der Waals surface area contributed by atoms with E-state index >= 15 is 0 Å². The van der Waals surface area contributed by atoms with Gasteiger partial charge in [-0.15, -0.1) is 0 Å². The van der Waals surface area contributed by atoms with Gasteiger partial charge in [-0.25, -0.2) is 0 Å². The maximum atomic E-state index is 12.4. The van der Waals surface area contributed by atoms with Crippen molar-refractivity contribution in [3.05, 3.63) is 32.4 Å². The van der Waals surface area contributed by atoms with Gasteiger partial charge in [-0.3, -0.25) is 0 Å². The molecule has 1 aromatic carbocycles. The molecule has 0 aliphatic carbocycles. The molecule has 0 fully saturated rings. The Morgan fingerprint density at radius 3 is 2.36 bits per heavy atom. The highest BCUT2D eigenvalue weighted by atomic mass is 127. The predicted molar refractivity (Wildman–Crippen MR) is 53.6 cm³/mol. The summed E-state index contributed by atoms with van der Waals surface area (Å²) >= 11 is 1.76. The summed E-state index contributed by atoms with van der Waals surface area (Å²) in [6.45, 7) is 1.30. The number of hydrogen-bond donors (Lipinski definition) is 0. The van der Waals surface area contributed by atoms with E-state index in [9.17, 15) is 13.2 Å². The van der Waals surface area contributed by atoms with E-state index in [0.717, 1.165) is 6.07 Å². The zero-order chi connectivity index (χ0) is 10.9. The first-order valence-corrected chi connectivity index (χ1v) is 4.71. The summed E-state index contributed by atoms with van der Waals surface area (Å²) in [5.74, 6) is 0. The van der Waals surface area contributed by atoms with E-state index in [2.05, 4.69) is 0 Å². The summed E-state index contributed by atoms with van der Waals surface area (Å²) < 4.78 is 37.7. The minimum absolute atomic E-state index is 0.0135. The number of hydrogen-bond acceptors (Lipinski definition) is 1. The molecule has 0 aliphatic rings. The first-order chi connectivity index (χ1) is 6.36. The van der Waals surface area contributed by atoms with Gasteiger partial charge in [-0.1, -0.05) is 0 Å². The Balaban J connectivity index is 3.47. The first kappa shape index (κ1) is 11.3. The summed E-state index contributed by atoms with van der Waals surface area (Å²) in [6, 6.07) is 4.22. The third-order valence-corrected chi connectivity index (χ3v) is 2.42. The second kappa shape index (κ2) is 3.77. The van der Waals surface area contributed by atoms with Crippen LogP contribution >= 0.6 is 22.6 Å². The molecule has 0 heterocycles. The van der Waals surface area contributed by atoms with Gasteiger partial charge >= 0.3 is 6.18 Å². The van der Waals surface area contributed by atoms with Gasteiger partial charge in [0.05, 0.1) is 17.2 Å². The fraction of sp³-hybridized carbons (Fsp3) is 0.222. The zero-order valence-corrected chi connectivity index (χ0v) is 9.27. The van der Waals surface area contributed by atoms with E-state index < -0.39 is 11.7 Å². The largest absolute Gasteiger partial charge is 0.416 e. The van der Waals surface area contributed by atoms with E-state index in [0.29, 0.717) is 3.57 Å². The van der Waals surface area contributed by atoms with Crippen LogP contribution in [0, 0.1) is 21.8 Å². The minimum Gasteiger partial charge on any atom is -0.192 e. The van der Waals surface area contributed by atoms with Gasteiger partial charge in [0.15, 0.2) is 0 Å². The molecule has 1 aromatic rings. The minimum atomic E-state index is -4.39. The summed E-state index contributed by atoms with van der Waals surface area (Å²) in [5, 5.41) is 8.61. The molecule has 0 amide bonds. The third kappa shape index (κ3) is 2.18. The van der Waals surface area contributed by atoms with E-state index in [1.54, 1.807) is 28.7 Å². The van der Waals surface area contributed by atoms with Gasteiger partial charge in [-0.2, -0.15) is 18.4 Å². The maximum absolute atomic E-state index is 12.4. The average molecular weight is 311 g/mol. The highest BCUT2D eigenvalue weighted by Gasteiger charge is 2.33. The van der Waals surface area contributed by atoms with Crippen LogP contribution in [0.1, 0.15) is 16.7 Å². The summed E-state index contributed by atoms with van der Waals surface area (Å²) in [6.07, 6.45) is -4.39. The van der Waals surface area contributed by atoms with Crippen molar-refractivity contribution in [3.8, 4) is 6.07 Å². The molecule has 0 bridgehead atoms. The lowest BCUT2D eigenvalue weighted by Crippen LogP contribution is -2.09. The topological polar surface area (TPSA) is 23.8 Å². The molecule has 0 aromatic heterocycles. The Hall–Kier alpha value is -0.770. The molecule has 0 radical (unpaired) electrons. The second-order valence-corrected chi connectivity index (χ2v) is 3.98. The summed E-state index contributed by atoms with van der Waals surface area (Å²) in [7, 11) is 0. The molecule has 0 saturated heterocycles. The van der Waals surface area contributed by atoms with Crippen LogP contribution in [0.4, 0.5) is 13.2 Å². The third-order valence-electron chi connectivity index (χ3n) is 1.80. The van der Waals surface area contributed by atoms with E-state index in [1.165, 1.54) is 13.0 Å². The lowest BCUT2D eigenvalue weighted by atomic mass is 10.0. The number of benzene rings is 1. The molecule has 0 saturated carbocycles. The van der Waals surface area contributed by atoms with Gasteiger partial charge < -0.3 is 0 Å². The van der Waals surface area contributed by atoms with Crippen LogP contribution in [-0.4, -0.2) is 0 Å². The molecule has 1 rings (SSSR count). The summed E-state index contributed by atoms with van der Waals surface area (Å²) in [4.78, 5) is 0. The molecule has 0 spiro atoms. The number of halogens is 4. The van der Waals surface area contributed by atoms with Crippen LogP contribution in [0.3, 0.4) is 0 Å². The number of nitrogens with zero attached hydrogens (tertiary/aromatic N) is 1. The predicted octanol–water partition coefficient (Wildman–Crippen LogP) is 3.49. The van der Waals surface area contributed by atoms with Crippen molar-refractivity contribution in [2.45, 2.75) is 13.1 Å². The van der Waals surface area contributed by atoms with Crippen molar-refractivity contribution in [2.75, 3.05) is 0 Å². The zero-order valence-electron chi connectivity index (χ0n) is 7.11. The van der Waals surface area contributed by atoms with Crippen LogP contribution in [-0.2, 0) is 6.18 Å². The number of rotatable bonds is 0. The van der Waals surface area contributed by atoms with E-state index in [1.807, 2.05) is 0 Å². The fourth-order valence-electron chi connectivity index (χ4n) is 1.09. The monoisotopic (exact) mass is 311 g/mol. The maximum Gasteiger partial charge on any atom is 0.416 e. The number of alkyl halides is 3. The smallest absolute Gasteiger partial charge is 0.192 e. The molecule has 5 heteroatoms. The molecular weight excluding hydrogens is 306 g/mol. The normalized spacial score (nSPS) is 11.1. The van der Waals surface area contributed by atoms with Crippen molar-refractivity contribution in [3.63, 3.8) is 0 Å². The Labute approximate surface area is 92.7 Å². The standard InChI is InChI=1S/C9H5F3IN/c1-5-6(4-14)2-7(13)3-8(5)9(10,11)12/h2-3H,1H3. The Morgan fingerprint density at radius 1 is 1.36 bits per heavy atom. The fourth-order valence-corrected chi connectivity index (χ4v) is 1.71. The van der Waals surface area contributed by atoms with Crippen LogP contribution in [0.25, 0.3) is 0 Å². The van der Waals surface area contributed by atoms with Crippen LogP contribution < -0.4 is 0 Å².